The van der Waals surface area contributed by atoms with Crippen LogP contribution >= 0.6 is 0 Å². The van der Waals surface area contributed by atoms with E-state index >= 15 is 0 Å². The molecular weight excluding hydrogens is 228 g/mol. The number of aromatic nitrogens is 2. The van der Waals surface area contributed by atoms with E-state index in [0.717, 1.165) is 13.0 Å². The van der Waals surface area contributed by atoms with E-state index in [0.29, 0.717) is 5.82 Å². The maximum Gasteiger partial charge on any atom is 0.293 e. The Morgan fingerprint density at radius 1 is 1.50 bits per heavy atom. The maximum atomic E-state index is 12.3. The largest absolute Gasteiger partial charge is 0.355 e. The zero-order chi connectivity index (χ0) is 13.9. The first-order valence-electron chi connectivity index (χ1n) is 6.28. The molecule has 1 heterocycles. The van der Waals surface area contributed by atoms with Crippen LogP contribution in [-0.4, -0.2) is 29.2 Å². The highest BCUT2D eigenvalue weighted by atomic mass is 16.1. The van der Waals surface area contributed by atoms with Crippen molar-refractivity contribution in [1.82, 2.24) is 9.55 Å². The van der Waals surface area contributed by atoms with E-state index < -0.39 is 0 Å². The Morgan fingerprint density at radius 3 is 2.61 bits per heavy atom. The lowest BCUT2D eigenvalue weighted by Crippen LogP contribution is -2.38. The van der Waals surface area contributed by atoms with Gasteiger partial charge >= 0.3 is 0 Å². The molecule has 0 radical (unpaired) electrons. The van der Waals surface area contributed by atoms with Crippen molar-refractivity contribution in [3.8, 4) is 0 Å². The standard InChI is InChI=1S/C13H24N4O/c1-10(14)6-8-16(5)11-12(18)17(9-7-15-11)13(2,3)4/h7,9-10H,6,8,14H2,1-5H3. The summed E-state index contributed by atoms with van der Waals surface area (Å²) in [6.07, 6.45) is 4.23. The highest BCUT2D eigenvalue weighted by Gasteiger charge is 2.18. The van der Waals surface area contributed by atoms with Crippen molar-refractivity contribution in [1.29, 1.82) is 0 Å². The first-order valence-corrected chi connectivity index (χ1v) is 6.28. The second-order valence-electron chi connectivity index (χ2n) is 5.78. The topological polar surface area (TPSA) is 64.2 Å². The molecule has 0 fully saturated rings. The van der Waals surface area contributed by atoms with Crippen LogP contribution in [0, 0.1) is 0 Å². The molecule has 0 aliphatic rings. The normalized spacial score (nSPS) is 13.4. The van der Waals surface area contributed by atoms with Gasteiger partial charge in [-0.15, -0.1) is 0 Å². The van der Waals surface area contributed by atoms with Gasteiger partial charge in [0.15, 0.2) is 5.82 Å². The lowest BCUT2D eigenvalue weighted by Gasteiger charge is -2.25. The number of nitrogens with two attached hydrogens (primary N) is 1. The van der Waals surface area contributed by atoms with Crippen molar-refractivity contribution in [2.45, 2.75) is 45.7 Å². The van der Waals surface area contributed by atoms with Crippen LogP contribution in [0.3, 0.4) is 0 Å². The Morgan fingerprint density at radius 2 is 2.11 bits per heavy atom. The number of nitrogens with zero attached hydrogens (tertiary/aromatic N) is 3. The molecule has 5 nitrogen and oxygen atoms in total. The summed E-state index contributed by atoms with van der Waals surface area (Å²) < 4.78 is 1.71. The van der Waals surface area contributed by atoms with E-state index in [-0.39, 0.29) is 17.1 Å². The zero-order valence-electron chi connectivity index (χ0n) is 12.0. The van der Waals surface area contributed by atoms with Crippen LogP contribution in [-0.2, 0) is 5.54 Å². The molecule has 1 aromatic heterocycles. The average Bonchev–Trinajstić information content (AvgIpc) is 2.24. The van der Waals surface area contributed by atoms with Crippen molar-refractivity contribution in [2.24, 2.45) is 5.73 Å². The van der Waals surface area contributed by atoms with Crippen molar-refractivity contribution in [3.05, 3.63) is 22.7 Å². The fourth-order valence-electron chi connectivity index (χ4n) is 1.69. The van der Waals surface area contributed by atoms with Crippen LogP contribution in [0.4, 0.5) is 5.82 Å². The van der Waals surface area contributed by atoms with Crippen molar-refractivity contribution < 1.29 is 0 Å². The van der Waals surface area contributed by atoms with E-state index in [9.17, 15) is 4.79 Å². The summed E-state index contributed by atoms with van der Waals surface area (Å²) in [6.45, 7) is 8.69. The summed E-state index contributed by atoms with van der Waals surface area (Å²) in [6, 6.07) is 0.126. The quantitative estimate of drug-likeness (QED) is 0.873. The molecule has 0 saturated carbocycles. The summed E-state index contributed by atoms with van der Waals surface area (Å²) in [5, 5.41) is 0. The van der Waals surface area contributed by atoms with E-state index in [2.05, 4.69) is 4.98 Å². The predicted octanol–water partition coefficient (Wildman–Crippen LogP) is 1.17. The predicted molar refractivity (Wildman–Crippen MR) is 75.0 cm³/mol. The summed E-state index contributed by atoms with van der Waals surface area (Å²) in [4.78, 5) is 18.4. The lowest BCUT2D eigenvalue weighted by molar-refractivity contribution is 0.382. The first-order chi connectivity index (χ1) is 8.23. The molecule has 5 heteroatoms. The minimum atomic E-state index is -0.239. The highest BCUT2D eigenvalue weighted by Crippen LogP contribution is 2.12. The fraction of sp³-hybridized carbons (Fsp3) is 0.692. The third-order valence-corrected chi connectivity index (χ3v) is 2.83. The molecule has 0 bridgehead atoms. The first kappa shape index (κ1) is 14.7. The van der Waals surface area contributed by atoms with E-state index in [4.69, 9.17) is 5.73 Å². The number of hydrogen-bond donors (Lipinski definition) is 1. The Kier molecular flexibility index (Phi) is 4.51. The molecule has 0 aliphatic heterocycles. The number of rotatable bonds is 4. The van der Waals surface area contributed by atoms with Gasteiger partial charge in [-0.1, -0.05) is 0 Å². The van der Waals surface area contributed by atoms with Gasteiger partial charge in [0.05, 0.1) is 0 Å². The fourth-order valence-corrected chi connectivity index (χ4v) is 1.69. The zero-order valence-corrected chi connectivity index (χ0v) is 12.0. The number of hydrogen-bond acceptors (Lipinski definition) is 4. The summed E-state index contributed by atoms with van der Waals surface area (Å²) in [7, 11) is 1.87. The van der Waals surface area contributed by atoms with Gasteiger partial charge < -0.3 is 15.2 Å². The van der Waals surface area contributed by atoms with Crippen LogP contribution in [0.5, 0.6) is 0 Å². The Balaban J connectivity index is 3.01. The van der Waals surface area contributed by atoms with Gasteiger partial charge in [0.25, 0.3) is 5.56 Å². The highest BCUT2D eigenvalue weighted by molar-refractivity contribution is 5.34. The van der Waals surface area contributed by atoms with Gasteiger partial charge in [-0.25, -0.2) is 4.98 Å². The van der Waals surface area contributed by atoms with E-state index in [1.54, 1.807) is 17.0 Å². The molecule has 0 amide bonds. The van der Waals surface area contributed by atoms with Crippen LogP contribution in [0.15, 0.2) is 17.2 Å². The molecule has 0 aliphatic carbocycles. The molecule has 0 spiro atoms. The molecule has 0 aromatic carbocycles. The van der Waals surface area contributed by atoms with Gasteiger partial charge in [-0.2, -0.15) is 0 Å². The minimum Gasteiger partial charge on any atom is -0.355 e. The number of anilines is 1. The average molecular weight is 252 g/mol. The monoisotopic (exact) mass is 252 g/mol. The molecule has 1 atom stereocenters. The van der Waals surface area contributed by atoms with Crippen molar-refractivity contribution >= 4 is 5.82 Å². The van der Waals surface area contributed by atoms with Crippen LogP contribution < -0.4 is 16.2 Å². The van der Waals surface area contributed by atoms with E-state index in [1.165, 1.54) is 0 Å². The maximum absolute atomic E-state index is 12.3. The van der Waals surface area contributed by atoms with Crippen molar-refractivity contribution in [3.63, 3.8) is 0 Å². The smallest absolute Gasteiger partial charge is 0.293 e. The van der Waals surface area contributed by atoms with Gasteiger partial charge in [0, 0.05) is 37.6 Å². The van der Waals surface area contributed by atoms with Gasteiger partial charge in [-0.05, 0) is 34.1 Å². The van der Waals surface area contributed by atoms with Crippen LogP contribution in [0.2, 0.25) is 0 Å². The van der Waals surface area contributed by atoms with Gasteiger partial charge in [-0.3, -0.25) is 4.79 Å². The molecule has 102 valence electrons. The molecule has 18 heavy (non-hydrogen) atoms. The minimum absolute atomic E-state index is 0.0582. The summed E-state index contributed by atoms with van der Waals surface area (Å²) in [5.74, 6) is 0.480. The lowest BCUT2D eigenvalue weighted by atomic mass is 10.1. The summed E-state index contributed by atoms with van der Waals surface area (Å²) in [5.41, 5.74) is 5.43. The molecule has 1 aromatic rings. The van der Waals surface area contributed by atoms with Crippen molar-refractivity contribution in [2.75, 3.05) is 18.5 Å². The van der Waals surface area contributed by atoms with Gasteiger partial charge in [0.1, 0.15) is 0 Å². The van der Waals surface area contributed by atoms with Crippen LogP contribution in [0.1, 0.15) is 34.1 Å². The second-order valence-corrected chi connectivity index (χ2v) is 5.78. The molecule has 1 unspecified atom stereocenters. The molecule has 0 saturated heterocycles. The second kappa shape index (κ2) is 5.52. The molecule has 1 rings (SSSR count). The molecular formula is C13H24N4O. The van der Waals surface area contributed by atoms with E-state index in [1.807, 2.05) is 39.6 Å². The Hall–Kier alpha value is -1.36. The van der Waals surface area contributed by atoms with Gasteiger partial charge in [0.2, 0.25) is 0 Å². The van der Waals surface area contributed by atoms with Crippen LogP contribution in [0.25, 0.3) is 0 Å². The SMILES string of the molecule is CC(N)CCN(C)c1nccn(C(C)(C)C)c1=O. The summed E-state index contributed by atoms with van der Waals surface area (Å²) >= 11 is 0. The Labute approximate surface area is 109 Å². The third-order valence-electron chi connectivity index (χ3n) is 2.83. The Bertz CT molecular complexity index is 445. The third kappa shape index (κ3) is 3.57. The molecule has 2 N–H and O–H groups in total.